The molecule has 8 nitrogen and oxygen atoms in total. The van der Waals surface area contributed by atoms with E-state index < -0.39 is 10.0 Å². The van der Waals surface area contributed by atoms with Crippen LogP contribution < -0.4 is 5.32 Å². The largest absolute Gasteiger partial charge is 0.379 e. The molecule has 0 radical (unpaired) electrons. The Hall–Kier alpha value is -2.30. The second-order valence-electron chi connectivity index (χ2n) is 8.04. The highest BCUT2D eigenvalue weighted by molar-refractivity contribution is 7.89. The summed E-state index contributed by atoms with van der Waals surface area (Å²) in [6, 6.07) is 12.4. The number of nitrogens with zero attached hydrogens (tertiary/aromatic N) is 2. The molecule has 32 heavy (non-hydrogen) atoms. The summed E-state index contributed by atoms with van der Waals surface area (Å²) in [5.41, 5.74) is 2.84. The van der Waals surface area contributed by atoms with E-state index in [2.05, 4.69) is 10.2 Å². The lowest BCUT2D eigenvalue weighted by atomic mass is 10.1. The van der Waals surface area contributed by atoms with Crippen molar-refractivity contribution in [1.82, 2.24) is 9.21 Å². The van der Waals surface area contributed by atoms with Crippen molar-refractivity contribution in [1.29, 1.82) is 0 Å². The molecule has 0 aliphatic carbocycles. The Morgan fingerprint density at radius 2 is 1.66 bits per heavy atom. The first-order valence-corrected chi connectivity index (χ1v) is 12.3. The molecule has 2 aliphatic rings. The molecule has 1 N–H and O–H groups in total. The molecule has 172 valence electrons. The maximum Gasteiger partial charge on any atom is 0.255 e. The molecule has 0 bridgehead atoms. The lowest BCUT2D eigenvalue weighted by Gasteiger charge is -2.26. The molecule has 4 rings (SSSR count). The van der Waals surface area contributed by atoms with E-state index >= 15 is 0 Å². The van der Waals surface area contributed by atoms with Crippen molar-refractivity contribution < 1.29 is 22.7 Å². The first kappa shape index (κ1) is 22.9. The minimum atomic E-state index is -3.67. The van der Waals surface area contributed by atoms with Gasteiger partial charge in [-0.05, 0) is 42.3 Å². The van der Waals surface area contributed by atoms with Gasteiger partial charge in [-0.2, -0.15) is 4.31 Å². The second kappa shape index (κ2) is 10.1. The van der Waals surface area contributed by atoms with Crippen LogP contribution in [-0.2, 0) is 26.0 Å². The van der Waals surface area contributed by atoms with Crippen LogP contribution in [0.5, 0.6) is 0 Å². The maximum atomic E-state index is 13.0. The van der Waals surface area contributed by atoms with Crippen LogP contribution in [-0.4, -0.2) is 76.1 Å². The Labute approximate surface area is 189 Å². The minimum Gasteiger partial charge on any atom is -0.379 e. The van der Waals surface area contributed by atoms with Crippen LogP contribution in [0.1, 0.15) is 21.5 Å². The number of hydrogen-bond acceptors (Lipinski definition) is 6. The SMILES string of the molecule is Cc1ccc(S(=O)(=O)N2CCOCC2)cc1C(=O)Nc1cccc(CN2CCOCC2)c1. The van der Waals surface area contributed by atoms with Gasteiger partial charge < -0.3 is 14.8 Å². The van der Waals surface area contributed by atoms with E-state index in [1.165, 1.54) is 10.4 Å². The maximum absolute atomic E-state index is 13.0. The highest BCUT2D eigenvalue weighted by Crippen LogP contribution is 2.22. The predicted octanol–water partition coefficient (Wildman–Crippen LogP) is 2.10. The summed E-state index contributed by atoms with van der Waals surface area (Å²) in [5, 5.41) is 2.92. The van der Waals surface area contributed by atoms with Gasteiger partial charge in [0.2, 0.25) is 10.0 Å². The molecule has 2 heterocycles. The number of sulfonamides is 1. The summed E-state index contributed by atoms with van der Waals surface area (Å²) >= 11 is 0. The fourth-order valence-corrected chi connectivity index (χ4v) is 5.34. The van der Waals surface area contributed by atoms with Gasteiger partial charge in [0.25, 0.3) is 5.91 Å². The highest BCUT2D eigenvalue weighted by atomic mass is 32.2. The van der Waals surface area contributed by atoms with E-state index in [0.29, 0.717) is 43.1 Å². The Bertz CT molecular complexity index is 1060. The molecule has 1 amide bonds. The van der Waals surface area contributed by atoms with Crippen LogP contribution in [0.2, 0.25) is 0 Å². The van der Waals surface area contributed by atoms with Crippen LogP contribution in [0.3, 0.4) is 0 Å². The zero-order chi connectivity index (χ0) is 22.6. The van der Waals surface area contributed by atoms with Crippen molar-refractivity contribution in [2.24, 2.45) is 0 Å². The molecule has 2 aromatic rings. The number of rotatable bonds is 6. The number of morpholine rings is 2. The number of nitrogens with one attached hydrogen (secondary N) is 1. The third-order valence-electron chi connectivity index (χ3n) is 5.76. The molecule has 0 saturated carbocycles. The molecule has 9 heteroatoms. The summed E-state index contributed by atoms with van der Waals surface area (Å²) in [7, 11) is -3.67. The molecule has 0 unspecified atom stereocenters. The Morgan fingerprint density at radius 1 is 0.969 bits per heavy atom. The first-order chi connectivity index (χ1) is 15.4. The smallest absolute Gasteiger partial charge is 0.255 e. The standard InChI is InChI=1S/C23H29N3O5S/c1-18-5-6-21(32(28,29)26-9-13-31-14-10-26)16-22(18)23(27)24-20-4-2-3-19(15-20)17-25-7-11-30-12-8-25/h2-6,15-16H,7-14,17H2,1H3,(H,24,27). The molecule has 0 atom stereocenters. The highest BCUT2D eigenvalue weighted by Gasteiger charge is 2.27. The number of ether oxygens (including phenoxy) is 2. The summed E-state index contributed by atoms with van der Waals surface area (Å²) < 4.78 is 38.0. The van der Waals surface area contributed by atoms with Crippen molar-refractivity contribution >= 4 is 21.6 Å². The van der Waals surface area contributed by atoms with Crippen molar-refractivity contribution in [3.05, 3.63) is 59.2 Å². The van der Waals surface area contributed by atoms with Gasteiger partial charge in [0.05, 0.1) is 31.3 Å². The number of hydrogen-bond donors (Lipinski definition) is 1. The quantitative estimate of drug-likeness (QED) is 0.712. The predicted molar refractivity (Wildman–Crippen MR) is 121 cm³/mol. The molecule has 0 spiro atoms. The normalized spacial score (nSPS) is 18.4. The molecule has 0 aromatic heterocycles. The zero-order valence-electron chi connectivity index (χ0n) is 18.2. The van der Waals surface area contributed by atoms with Crippen LogP contribution in [0.15, 0.2) is 47.4 Å². The van der Waals surface area contributed by atoms with Crippen LogP contribution in [0.4, 0.5) is 5.69 Å². The van der Waals surface area contributed by atoms with Crippen molar-refractivity contribution in [2.75, 3.05) is 57.9 Å². The van der Waals surface area contributed by atoms with Crippen molar-refractivity contribution in [3.8, 4) is 0 Å². The lowest BCUT2D eigenvalue weighted by molar-refractivity contribution is 0.0342. The Morgan fingerprint density at radius 3 is 2.38 bits per heavy atom. The summed E-state index contributed by atoms with van der Waals surface area (Å²) in [6.07, 6.45) is 0. The fraction of sp³-hybridized carbons (Fsp3) is 0.435. The Kier molecular flexibility index (Phi) is 7.22. The van der Waals surface area contributed by atoms with Crippen molar-refractivity contribution in [2.45, 2.75) is 18.4 Å². The topological polar surface area (TPSA) is 88.2 Å². The van der Waals surface area contributed by atoms with Gasteiger partial charge in [-0.1, -0.05) is 18.2 Å². The molecule has 2 fully saturated rings. The monoisotopic (exact) mass is 459 g/mol. The van der Waals surface area contributed by atoms with Gasteiger partial charge in [0.15, 0.2) is 0 Å². The number of benzene rings is 2. The first-order valence-electron chi connectivity index (χ1n) is 10.8. The third-order valence-corrected chi connectivity index (χ3v) is 7.65. The average molecular weight is 460 g/mol. The van der Waals surface area contributed by atoms with E-state index in [1.54, 1.807) is 19.1 Å². The van der Waals surface area contributed by atoms with E-state index in [9.17, 15) is 13.2 Å². The molecule has 2 aromatic carbocycles. The minimum absolute atomic E-state index is 0.121. The zero-order valence-corrected chi connectivity index (χ0v) is 19.1. The van der Waals surface area contributed by atoms with E-state index in [4.69, 9.17) is 9.47 Å². The second-order valence-corrected chi connectivity index (χ2v) is 9.97. The van der Waals surface area contributed by atoms with Crippen LogP contribution in [0, 0.1) is 6.92 Å². The number of carbonyl (C=O) groups excluding carboxylic acids is 1. The van der Waals surface area contributed by atoms with Gasteiger partial charge in [-0.15, -0.1) is 0 Å². The number of aryl methyl sites for hydroxylation is 1. The van der Waals surface area contributed by atoms with Gasteiger partial charge in [-0.3, -0.25) is 9.69 Å². The third kappa shape index (κ3) is 5.36. The van der Waals surface area contributed by atoms with Gasteiger partial charge in [-0.25, -0.2) is 8.42 Å². The lowest BCUT2D eigenvalue weighted by Crippen LogP contribution is -2.40. The van der Waals surface area contributed by atoms with E-state index in [-0.39, 0.29) is 10.8 Å². The van der Waals surface area contributed by atoms with Crippen LogP contribution >= 0.6 is 0 Å². The molecule has 2 saturated heterocycles. The molecule has 2 aliphatic heterocycles. The van der Waals surface area contributed by atoms with Gasteiger partial charge >= 0.3 is 0 Å². The molecular weight excluding hydrogens is 430 g/mol. The van der Waals surface area contributed by atoms with E-state index in [1.807, 2.05) is 24.3 Å². The van der Waals surface area contributed by atoms with E-state index in [0.717, 1.165) is 38.4 Å². The van der Waals surface area contributed by atoms with Gasteiger partial charge in [0.1, 0.15) is 0 Å². The van der Waals surface area contributed by atoms with Gasteiger partial charge in [0, 0.05) is 44.0 Å². The molecular formula is C23H29N3O5S. The average Bonchev–Trinajstić information content (AvgIpc) is 2.80. The number of anilines is 1. The Balaban J connectivity index is 1.50. The summed E-state index contributed by atoms with van der Waals surface area (Å²) in [6.45, 7) is 7.22. The van der Waals surface area contributed by atoms with Crippen molar-refractivity contribution in [3.63, 3.8) is 0 Å². The van der Waals surface area contributed by atoms with Crippen LogP contribution in [0.25, 0.3) is 0 Å². The number of amides is 1. The summed E-state index contributed by atoms with van der Waals surface area (Å²) in [5.74, 6) is -0.329. The summed E-state index contributed by atoms with van der Waals surface area (Å²) in [4.78, 5) is 15.5. The number of carbonyl (C=O) groups is 1. The fourth-order valence-electron chi connectivity index (χ4n) is 3.91.